The number of aromatic nitrogens is 2. The van der Waals surface area contributed by atoms with Crippen molar-refractivity contribution in [1.29, 1.82) is 0 Å². The monoisotopic (exact) mass is 218 g/mol. The second-order valence-corrected chi connectivity index (χ2v) is 2.76. The maximum Gasteiger partial charge on any atom is 0.371 e. The summed E-state index contributed by atoms with van der Waals surface area (Å²) in [5.74, 6) is -1.06. The SMILES string of the molecule is CCc1[nH]c(C(=O)O)nc1Br. The van der Waals surface area contributed by atoms with Gasteiger partial charge in [0.25, 0.3) is 0 Å². The molecule has 1 rings (SSSR count). The average molecular weight is 219 g/mol. The van der Waals surface area contributed by atoms with E-state index >= 15 is 0 Å². The molecule has 11 heavy (non-hydrogen) atoms. The molecule has 0 saturated carbocycles. The first-order valence-corrected chi connectivity index (χ1v) is 3.92. The molecule has 5 heteroatoms. The number of hydrogen-bond donors (Lipinski definition) is 2. The van der Waals surface area contributed by atoms with Crippen LogP contribution in [-0.4, -0.2) is 21.0 Å². The minimum absolute atomic E-state index is 0.0197. The fraction of sp³-hybridized carbons (Fsp3) is 0.333. The van der Waals surface area contributed by atoms with Gasteiger partial charge in [-0.25, -0.2) is 9.78 Å². The zero-order chi connectivity index (χ0) is 8.43. The zero-order valence-electron chi connectivity index (χ0n) is 5.89. The van der Waals surface area contributed by atoms with E-state index in [0.29, 0.717) is 4.60 Å². The Hall–Kier alpha value is -0.840. The van der Waals surface area contributed by atoms with Crippen LogP contribution in [0.4, 0.5) is 0 Å². The van der Waals surface area contributed by atoms with Crippen LogP contribution in [0.15, 0.2) is 4.60 Å². The van der Waals surface area contributed by atoms with Crippen molar-refractivity contribution in [3.05, 3.63) is 16.1 Å². The number of carboxylic acid groups (broad SMARTS) is 1. The van der Waals surface area contributed by atoms with Gasteiger partial charge in [0.1, 0.15) is 4.60 Å². The van der Waals surface area contributed by atoms with Crippen LogP contribution in [0.25, 0.3) is 0 Å². The first kappa shape index (κ1) is 8.26. The van der Waals surface area contributed by atoms with Crippen LogP contribution >= 0.6 is 15.9 Å². The van der Waals surface area contributed by atoms with E-state index in [0.717, 1.165) is 12.1 Å². The van der Waals surface area contributed by atoms with Crippen molar-refractivity contribution in [2.45, 2.75) is 13.3 Å². The van der Waals surface area contributed by atoms with Gasteiger partial charge in [0.05, 0.1) is 0 Å². The van der Waals surface area contributed by atoms with Crippen LogP contribution in [-0.2, 0) is 6.42 Å². The predicted octanol–water partition coefficient (Wildman–Crippen LogP) is 1.43. The maximum atomic E-state index is 10.4. The van der Waals surface area contributed by atoms with Gasteiger partial charge in [0.2, 0.25) is 5.82 Å². The number of carbonyl (C=O) groups is 1. The smallest absolute Gasteiger partial charge is 0.371 e. The summed E-state index contributed by atoms with van der Waals surface area (Å²) in [4.78, 5) is 16.8. The van der Waals surface area contributed by atoms with Gasteiger partial charge < -0.3 is 10.1 Å². The van der Waals surface area contributed by atoms with Gasteiger partial charge in [-0.05, 0) is 22.4 Å². The molecule has 0 aromatic carbocycles. The third-order valence-corrected chi connectivity index (χ3v) is 1.94. The molecule has 2 N–H and O–H groups in total. The number of aryl methyl sites for hydroxylation is 1. The van der Waals surface area contributed by atoms with E-state index in [9.17, 15) is 4.79 Å². The van der Waals surface area contributed by atoms with Crippen molar-refractivity contribution < 1.29 is 9.90 Å². The number of imidazole rings is 1. The molecule has 0 amide bonds. The lowest BCUT2D eigenvalue weighted by molar-refractivity contribution is 0.0684. The molecule has 60 valence electrons. The highest BCUT2D eigenvalue weighted by Gasteiger charge is 2.10. The number of halogens is 1. The van der Waals surface area contributed by atoms with Crippen molar-refractivity contribution in [1.82, 2.24) is 9.97 Å². The van der Waals surface area contributed by atoms with Gasteiger partial charge in [-0.2, -0.15) is 0 Å². The van der Waals surface area contributed by atoms with Crippen LogP contribution < -0.4 is 0 Å². The third kappa shape index (κ3) is 1.59. The minimum atomic E-state index is -1.04. The van der Waals surface area contributed by atoms with E-state index in [1.807, 2.05) is 6.92 Å². The quantitative estimate of drug-likeness (QED) is 0.790. The van der Waals surface area contributed by atoms with E-state index in [-0.39, 0.29) is 5.82 Å². The van der Waals surface area contributed by atoms with Crippen LogP contribution in [0.1, 0.15) is 23.2 Å². The molecular weight excluding hydrogens is 212 g/mol. The van der Waals surface area contributed by atoms with Crippen molar-refractivity contribution in [3.63, 3.8) is 0 Å². The average Bonchev–Trinajstić information content (AvgIpc) is 2.31. The van der Waals surface area contributed by atoms with Gasteiger partial charge in [0.15, 0.2) is 0 Å². The first-order valence-electron chi connectivity index (χ1n) is 3.12. The number of nitrogens with zero attached hydrogens (tertiary/aromatic N) is 1. The van der Waals surface area contributed by atoms with Crippen LogP contribution in [0.3, 0.4) is 0 Å². The fourth-order valence-corrected chi connectivity index (χ4v) is 1.28. The minimum Gasteiger partial charge on any atom is -0.475 e. The lowest BCUT2D eigenvalue weighted by atomic mass is 10.4. The van der Waals surface area contributed by atoms with E-state index < -0.39 is 5.97 Å². The summed E-state index contributed by atoms with van der Waals surface area (Å²) in [6.45, 7) is 1.92. The first-order chi connectivity index (χ1) is 5.15. The molecule has 0 aliphatic carbocycles. The van der Waals surface area contributed by atoms with Crippen molar-refractivity contribution in [2.75, 3.05) is 0 Å². The number of aromatic amines is 1. The van der Waals surface area contributed by atoms with Gasteiger partial charge in [-0.1, -0.05) is 6.92 Å². The Balaban J connectivity index is 3.05. The molecule has 0 aliphatic rings. The molecule has 0 radical (unpaired) electrons. The summed E-state index contributed by atoms with van der Waals surface area (Å²) >= 11 is 3.14. The number of aromatic carboxylic acids is 1. The van der Waals surface area contributed by atoms with E-state index in [1.54, 1.807) is 0 Å². The Morgan fingerprint density at radius 2 is 2.45 bits per heavy atom. The molecule has 0 saturated heterocycles. The second kappa shape index (κ2) is 3.04. The molecule has 1 heterocycles. The predicted molar refractivity (Wildman–Crippen MR) is 42.6 cm³/mol. The third-order valence-electron chi connectivity index (χ3n) is 1.28. The highest BCUT2D eigenvalue weighted by molar-refractivity contribution is 9.10. The molecule has 0 atom stereocenters. The molecule has 1 aromatic heterocycles. The van der Waals surface area contributed by atoms with Crippen LogP contribution in [0.5, 0.6) is 0 Å². The Bertz CT molecular complexity index is 282. The standard InChI is InChI=1S/C6H7BrN2O2/c1-2-3-4(7)9-5(8-3)6(10)11/h2H2,1H3,(H,8,9)(H,10,11). The topological polar surface area (TPSA) is 66.0 Å². The molecule has 0 spiro atoms. The summed E-state index contributed by atoms with van der Waals surface area (Å²) in [5.41, 5.74) is 0.808. The summed E-state index contributed by atoms with van der Waals surface area (Å²) < 4.78 is 0.581. The van der Waals surface area contributed by atoms with Crippen LogP contribution in [0.2, 0.25) is 0 Å². The maximum absolute atomic E-state index is 10.4. The summed E-state index contributed by atoms with van der Waals surface area (Å²) in [6.07, 6.45) is 0.737. The van der Waals surface area contributed by atoms with E-state index in [4.69, 9.17) is 5.11 Å². The summed E-state index contributed by atoms with van der Waals surface area (Å²) in [6, 6.07) is 0. The normalized spacial score (nSPS) is 10.0. The summed E-state index contributed by atoms with van der Waals surface area (Å²) in [5, 5.41) is 8.50. The van der Waals surface area contributed by atoms with Gasteiger partial charge >= 0.3 is 5.97 Å². The molecule has 0 aliphatic heterocycles. The Kier molecular flexibility index (Phi) is 2.28. The zero-order valence-corrected chi connectivity index (χ0v) is 7.47. The van der Waals surface area contributed by atoms with E-state index in [2.05, 4.69) is 25.9 Å². The molecular formula is C6H7BrN2O2. The molecule has 0 bridgehead atoms. The lowest BCUT2D eigenvalue weighted by Gasteiger charge is -1.86. The van der Waals surface area contributed by atoms with Crippen LogP contribution in [0, 0.1) is 0 Å². The molecule has 0 fully saturated rings. The Labute approximate surface area is 71.8 Å². The number of carboxylic acids is 1. The number of rotatable bonds is 2. The highest BCUT2D eigenvalue weighted by atomic mass is 79.9. The number of hydrogen-bond acceptors (Lipinski definition) is 2. The van der Waals surface area contributed by atoms with E-state index in [1.165, 1.54) is 0 Å². The van der Waals surface area contributed by atoms with Crippen molar-refractivity contribution in [3.8, 4) is 0 Å². The highest BCUT2D eigenvalue weighted by Crippen LogP contribution is 2.13. The Morgan fingerprint density at radius 1 is 1.82 bits per heavy atom. The Morgan fingerprint density at radius 3 is 2.73 bits per heavy atom. The van der Waals surface area contributed by atoms with Crippen molar-refractivity contribution >= 4 is 21.9 Å². The molecule has 1 aromatic rings. The second-order valence-electron chi connectivity index (χ2n) is 2.01. The molecule has 0 unspecified atom stereocenters. The number of nitrogens with one attached hydrogen (secondary N) is 1. The largest absolute Gasteiger partial charge is 0.475 e. The van der Waals surface area contributed by atoms with Gasteiger partial charge in [0, 0.05) is 5.69 Å². The fourth-order valence-electron chi connectivity index (χ4n) is 0.724. The van der Waals surface area contributed by atoms with Gasteiger partial charge in [-0.3, -0.25) is 0 Å². The lowest BCUT2D eigenvalue weighted by Crippen LogP contribution is -1.98. The van der Waals surface area contributed by atoms with Gasteiger partial charge in [-0.15, -0.1) is 0 Å². The molecule has 4 nitrogen and oxygen atoms in total. The summed E-state index contributed by atoms with van der Waals surface area (Å²) in [7, 11) is 0. The number of H-pyrrole nitrogens is 1. The van der Waals surface area contributed by atoms with Crippen molar-refractivity contribution in [2.24, 2.45) is 0 Å².